The molecule has 0 unspecified atom stereocenters. The molecular formula is C20H30N2O2. The summed E-state index contributed by atoms with van der Waals surface area (Å²) < 4.78 is 5.73. The number of nitrogens with one attached hydrogen (secondary N) is 1. The summed E-state index contributed by atoms with van der Waals surface area (Å²) in [5.74, 6) is 0.0986. The number of hydrogen-bond donors (Lipinski definition) is 1. The van der Waals surface area contributed by atoms with Crippen molar-refractivity contribution in [2.24, 2.45) is 0 Å². The largest absolute Gasteiger partial charge is 0.373 e. The van der Waals surface area contributed by atoms with E-state index in [4.69, 9.17) is 4.74 Å². The summed E-state index contributed by atoms with van der Waals surface area (Å²) in [5, 5.41) is 3.16. The molecule has 1 aromatic rings. The number of fused-ring (bicyclic) bond motifs is 1. The molecule has 0 aromatic heterocycles. The lowest BCUT2D eigenvalue weighted by Crippen LogP contribution is -2.49. The molecule has 132 valence electrons. The van der Waals surface area contributed by atoms with E-state index in [1.807, 2.05) is 0 Å². The number of carbonyl (C=O) groups is 1. The first kappa shape index (κ1) is 17.4. The molecule has 1 amide bonds. The molecule has 4 nitrogen and oxygen atoms in total. The molecule has 24 heavy (non-hydrogen) atoms. The van der Waals surface area contributed by atoms with Crippen LogP contribution in [0.25, 0.3) is 0 Å². The maximum Gasteiger partial charge on any atom is 0.234 e. The molecule has 2 aliphatic rings. The number of benzene rings is 1. The van der Waals surface area contributed by atoms with Gasteiger partial charge in [-0.05, 0) is 63.1 Å². The van der Waals surface area contributed by atoms with Crippen LogP contribution in [0.15, 0.2) is 18.2 Å². The van der Waals surface area contributed by atoms with Crippen molar-refractivity contribution in [3.8, 4) is 0 Å². The van der Waals surface area contributed by atoms with Gasteiger partial charge in [0.1, 0.15) is 0 Å². The Morgan fingerprint density at radius 2 is 1.88 bits per heavy atom. The topological polar surface area (TPSA) is 41.6 Å². The Morgan fingerprint density at radius 3 is 2.58 bits per heavy atom. The quantitative estimate of drug-likeness (QED) is 0.923. The third-order valence-corrected chi connectivity index (χ3v) is 5.11. The number of ether oxygens (including phenoxy) is 1. The number of nitrogens with zero attached hydrogens (tertiary/aromatic N) is 1. The van der Waals surface area contributed by atoms with E-state index in [-0.39, 0.29) is 24.2 Å². The maximum atomic E-state index is 12.4. The fraction of sp³-hybridized carbons (Fsp3) is 0.650. The summed E-state index contributed by atoms with van der Waals surface area (Å²) in [6.45, 7) is 8.31. The minimum Gasteiger partial charge on any atom is -0.373 e. The summed E-state index contributed by atoms with van der Waals surface area (Å²) >= 11 is 0. The monoisotopic (exact) mass is 330 g/mol. The Hall–Kier alpha value is -1.39. The van der Waals surface area contributed by atoms with Gasteiger partial charge >= 0.3 is 0 Å². The van der Waals surface area contributed by atoms with Gasteiger partial charge in [0.25, 0.3) is 0 Å². The van der Waals surface area contributed by atoms with E-state index in [9.17, 15) is 4.79 Å². The highest BCUT2D eigenvalue weighted by atomic mass is 16.5. The molecule has 1 aliphatic carbocycles. The van der Waals surface area contributed by atoms with Crippen LogP contribution >= 0.6 is 0 Å². The predicted octanol–water partition coefficient (Wildman–Crippen LogP) is 2.85. The smallest absolute Gasteiger partial charge is 0.234 e. The summed E-state index contributed by atoms with van der Waals surface area (Å²) in [6.07, 6.45) is 5.34. The van der Waals surface area contributed by atoms with Gasteiger partial charge < -0.3 is 10.1 Å². The van der Waals surface area contributed by atoms with Gasteiger partial charge in [-0.15, -0.1) is 0 Å². The van der Waals surface area contributed by atoms with Crippen LogP contribution in [0.2, 0.25) is 0 Å². The van der Waals surface area contributed by atoms with Gasteiger partial charge in [-0.2, -0.15) is 0 Å². The van der Waals surface area contributed by atoms with Gasteiger partial charge in [0.05, 0.1) is 24.8 Å². The third-order valence-electron chi connectivity index (χ3n) is 5.11. The second-order valence-corrected chi connectivity index (χ2v) is 7.48. The Morgan fingerprint density at radius 1 is 1.21 bits per heavy atom. The van der Waals surface area contributed by atoms with Gasteiger partial charge in [-0.3, -0.25) is 9.69 Å². The molecule has 1 N–H and O–H groups in total. The van der Waals surface area contributed by atoms with E-state index in [2.05, 4.69) is 49.2 Å². The van der Waals surface area contributed by atoms with Gasteiger partial charge in [0.15, 0.2) is 0 Å². The van der Waals surface area contributed by atoms with Gasteiger partial charge in [0, 0.05) is 13.1 Å². The fourth-order valence-electron chi connectivity index (χ4n) is 4.01. The molecule has 1 heterocycles. The summed E-state index contributed by atoms with van der Waals surface area (Å²) in [5.41, 5.74) is 4.17. The van der Waals surface area contributed by atoms with Crippen molar-refractivity contribution in [2.75, 3.05) is 19.6 Å². The lowest BCUT2D eigenvalue weighted by Gasteiger charge is -2.35. The van der Waals surface area contributed by atoms with Crippen LogP contribution in [0.1, 0.15) is 56.3 Å². The lowest BCUT2D eigenvalue weighted by atomic mass is 9.89. The van der Waals surface area contributed by atoms with Gasteiger partial charge in [-0.25, -0.2) is 0 Å². The van der Waals surface area contributed by atoms with Crippen LogP contribution in [0.3, 0.4) is 0 Å². The Bertz CT molecular complexity index is 577. The highest BCUT2D eigenvalue weighted by molar-refractivity contribution is 5.78. The average molecular weight is 330 g/mol. The molecule has 3 atom stereocenters. The molecule has 1 aliphatic heterocycles. The van der Waals surface area contributed by atoms with Crippen molar-refractivity contribution in [1.29, 1.82) is 0 Å². The van der Waals surface area contributed by atoms with Gasteiger partial charge in [-0.1, -0.05) is 18.2 Å². The van der Waals surface area contributed by atoms with Crippen molar-refractivity contribution in [2.45, 2.75) is 64.7 Å². The number of morpholine rings is 1. The zero-order chi connectivity index (χ0) is 17.1. The number of rotatable bonds is 4. The van der Waals surface area contributed by atoms with E-state index in [0.717, 1.165) is 13.1 Å². The van der Waals surface area contributed by atoms with Gasteiger partial charge in [0.2, 0.25) is 5.91 Å². The molecule has 0 bridgehead atoms. The second kappa shape index (κ2) is 7.66. The summed E-state index contributed by atoms with van der Waals surface area (Å²) in [4.78, 5) is 14.6. The molecule has 1 saturated heterocycles. The van der Waals surface area contributed by atoms with E-state index in [0.29, 0.717) is 6.54 Å². The molecule has 1 aromatic carbocycles. The first-order valence-electron chi connectivity index (χ1n) is 9.30. The average Bonchev–Trinajstić information content (AvgIpc) is 2.53. The number of carbonyl (C=O) groups excluding carboxylic acids is 1. The third kappa shape index (κ3) is 4.37. The zero-order valence-corrected chi connectivity index (χ0v) is 15.2. The second-order valence-electron chi connectivity index (χ2n) is 7.48. The number of aryl methyl sites for hydroxylation is 2. The SMILES string of the molecule is C[C@@H]1CN(CC(=O)N[C@@H](C)c2ccc3c(c2)CCCC3)C[C@H](C)O1. The van der Waals surface area contributed by atoms with Crippen molar-refractivity contribution in [1.82, 2.24) is 10.2 Å². The number of amides is 1. The van der Waals surface area contributed by atoms with E-state index >= 15 is 0 Å². The molecule has 4 heteroatoms. The van der Waals surface area contributed by atoms with Crippen LogP contribution < -0.4 is 5.32 Å². The first-order chi connectivity index (χ1) is 11.5. The normalized spacial score (nSPS) is 25.8. The summed E-state index contributed by atoms with van der Waals surface area (Å²) in [6, 6.07) is 6.77. The minimum atomic E-state index is 0.0561. The number of hydrogen-bond acceptors (Lipinski definition) is 3. The first-order valence-corrected chi connectivity index (χ1v) is 9.30. The van der Waals surface area contributed by atoms with Crippen LogP contribution in [0.4, 0.5) is 0 Å². The van der Waals surface area contributed by atoms with Crippen LogP contribution in [-0.4, -0.2) is 42.6 Å². The van der Waals surface area contributed by atoms with Crippen molar-refractivity contribution in [3.63, 3.8) is 0 Å². The van der Waals surface area contributed by atoms with Crippen LogP contribution in [-0.2, 0) is 22.4 Å². The molecule has 1 fully saturated rings. The van der Waals surface area contributed by atoms with Crippen molar-refractivity contribution >= 4 is 5.91 Å². The molecule has 0 saturated carbocycles. The maximum absolute atomic E-state index is 12.4. The standard InChI is InChI=1S/C20H30N2O2/c1-14-11-22(12-15(2)24-14)13-20(23)21-16(3)18-9-8-17-6-4-5-7-19(17)10-18/h8-10,14-16H,4-7,11-13H2,1-3H3,(H,21,23)/t14-,15+,16-/m0/s1. The molecule has 0 radical (unpaired) electrons. The van der Waals surface area contributed by atoms with Crippen LogP contribution in [0.5, 0.6) is 0 Å². The zero-order valence-electron chi connectivity index (χ0n) is 15.2. The van der Waals surface area contributed by atoms with E-state index in [1.165, 1.54) is 42.4 Å². The molecule has 3 rings (SSSR count). The van der Waals surface area contributed by atoms with E-state index in [1.54, 1.807) is 0 Å². The highest BCUT2D eigenvalue weighted by Gasteiger charge is 2.24. The highest BCUT2D eigenvalue weighted by Crippen LogP contribution is 2.24. The van der Waals surface area contributed by atoms with Crippen molar-refractivity contribution < 1.29 is 9.53 Å². The predicted molar refractivity (Wildman–Crippen MR) is 96.1 cm³/mol. The minimum absolute atomic E-state index is 0.0561. The lowest BCUT2D eigenvalue weighted by molar-refractivity contribution is -0.126. The molecular weight excluding hydrogens is 300 g/mol. The van der Waals surface area contributed by atoms with Crippen LogP contribution in [0, 0.1) is 0 Å². The summed E-state index contributed by atoms with van der Waals surface area (Å²) in [7, 11) is 0. The van der Waals surface area contributed by atoms with Crippen molar-refractivity contribution in [3.05, 3.63) is 34.9 Å². The Labute approximate surface area is 145 Å². The Kier molecular flexibility index (Phi) is 5.57. The fourth-order valence-corrected chi connectivity index (χ4v) is 4.01. The van der Waals surface area contributed by atoms with E-state index < -0.39 is 0 Å². The molecule has 0 spiro atoms. The Balaban J connectivity index is 1.56.